The Bertz CT molecular complexity index is 333. The van der Waals surface area contributed by atoms with Crippen LogP contribution in [0.5, 0.6) is 0 Å². The first-order valence-corrected chi connectivity index (χ1v) is 6.38. The van der Waals surface area contributed by atoms with Crippen molar-refractivity contribution in [2.45, 2.75) is 20.0 Å². The first-order valence-electron chi connectivity index (χ1n) is 5.61. The molecule has 2 rings (SSSR count). The van der Waals surface area contributed by atoms with Gasteiger partial charge >= 0.3 is 0 Å². The van der Waals surface area contributed by atoms with Gasteiger partial charge in [0.25, 0.3) is 0 Å². The smallest absolute Gasteiger partial charge is 0.205 e. The molecule has 1 atom stereocenters. The van der Waals surface area contributed by atoms with Gasteiger partial charge in [-0.1, -0.05) is 0 Å². The van der Waals surface area contributed by atoms with Crippen LogP contribution in [0.3, 0.4) is 0 Å². The summed E-state index contributed by atoms with van der Waals surface area (Å²) in [7, 11) is 0. The number of anilines is 1. The molecule has 1 saturated heterocycles. The molecule has 6 heteroatoms. The molecular weight excluding hydrogens is 224 g/mol. The number of hydrogen-bond donors (Lipinski definition) is 1. The molecule has 5 nitrogen and oxygen atoms in total. The molecule has 0 spiro atoms. The quantitative estimate of drug-likeness (QED) is 0.829. The van der Waals surface area contributed by atoms with Crippen molar-refractivity contribution in [3.63, 3.8) is 0 Å². The molecule has 0 radical (unpaired) electrons. The Morgan fingerprint density at radius 1 is 1.38 bits per heavy atom. The molecule has 0 aliphatic carbocycles. The van der Waals surface area contributed by atoms with Gasteiger partial charge in [0.05, 0.1) is 6.10 Å². The second kappa shape index (κ2) is 5.07. The van der Waals surface area contributed by atoms with Gasteiger partial charge in [-0.05, 0) is 13.8 Å². The van der Waals surface area contributed by atoms with E-state index in [9.17, 15) is 5.11 Å². The summed E-state index contributed by atoms with van der Waals surface area (Å²) in [5.74, 6) is 0.853. The van der Waals surface area contributed by atoms with E-state index in [1.807, 2.05) is 13.8 Å². The molecule has 0 amide bonds. The largest absolute Gasteiger partial charge is 0.392 e. The number of aliphatic hydroxyl groups excluding tert-OH is 1. The predicted molar refractivity (Wildman–Crippen MR) is 65.0 cm³/mol. The molecule has 0 bridgehead atoms. The van der Waals surface area contributed by atoms with Gasteiger partial charge in [-0.25, -0.2) is 4.98 Å². The van der Waals surface area contributed by atoms with Crippen LogP contribution < -0.4 is 4.90 Å². The van der Waals surface area contributed by atoms with E-state index in [0.29, 0.717) is 0 Å². The van der Waals surface area contributed by atoms with Crippen molar-refractivity contribution in [2.24, 2.45) is 0 Å². The van der Waals surface area contributed by atoms with Crippen molar-refractivity contribution in [2.75, 3.05) is 37.6 Å². The van der Waals surface area contributed by atoms with Crippen LogP contribution in [0.15, 0.2) is 0 Å². The van der Waals surface area contributed by atoms with E-state index in [1.54, 1.807) is 0 Å². The topological polar surface area (TPSA) is 52.5 Å². The van der Waals surface area contributed by atoms with Crippen LogP contribution in [-0.2, 0) is 0 Å². The lowest BCUT2D eigenvalue weighted by Gasteiger charge is -2.34. The van der Waals surface area contributed by atoms with E-state index in [0.717, 1.165) is 43.7 Å². The Labute approximate surface area is 99.9 Å². The highest BCUT2D eigenvalue weighted by Gasteiger charge is 2.20. The van der Waals surface area contributed by atoms with E-state index < -0.39 is 0 Å². The fraction of sp³-hybridized carbons (Fsp3) is 0.800. The maximum absolute atomic E-state index is 9.32. The molecule has 90 valence electrons. The third-order valence-electron chi connectivity index (χ3n) is 2.68. The molecule has 1 aromatic heterocycles. The molecular formula is C10H18N4OS. The maximum atomic E-state index is 9.32. The lowest BCUT2D eigenvalue weighted by atomic mass is 10.3. The maximum Gasteiger partial charge on any atom is 0.205 e. The van der Waals surface area contributed by atoms with Crippen molar-refractivity contribution in [3.8, 4) is 0 Å². The third kappa shape index (κ3) is 2.90. The fourth-order valence-electron chi connectivity index (χ4n) is 1.91. The van der Waals surface area contributed by atoms with E-state index in [2.05, 4.69) is 19.2 Å². The summed E-state index contributed by atoms with van der Waals surface area (Å²) in [5.41, 5.74) is 0. The lowest BCUT2D eigenvalue weighted by molar-refractivity contribution is 0.122. The monoisotopic (exact) mass is 242 g/mol. The van der Waals surface area contributed by atoms with Gasteiger partial charge in [0.2, 0.25) is 5.13 Å². The lowest BCUT2D eigenvalue weighted by Crippen LogP contribution is -2.48. The first-order chi connectivity index (χ1) is 7.65. The van der Waals surface area contributed by atoms with Gasteiger partial charge in [0, 0.05) is 44.3 Å². The van der Waals surface area contributed by atoms with Crippen LogP contribution in [0, 0.1) is 6.92 Å². The number of nitrogens with zero attached hydrogens (tertiary/aromatic N) is 4. The van der Waals surface area contributed by atoms with Crippen LogP contribution in [0.2, 0.25) is 0 Å². The molecule has 1 aliphatic rings. The summed E-state index contributed by atoms with van der Waals surface area (Å²) in [6.07, 6.45) is -0.240. The molecule has 1 fully saturated rings. The standard InChI is InChI=1S/C10H18N4OS/c1-8(15)7-13-3-5-14(6-4-13)10-11-9(2)12-16-10/h8,15H,3-7H2,1-2H3/t8-/m1/s1. The Morgan fingerprint density at radius 3 is 2.56 bits per heavy atom. The average Bonchev–Trinajstić information content (AvgIpc) is 2.65. The highest BCUT2D eigenvalue weighted by Crippen LogP contribution is 2.18. The zero-order chi connectivity index (χ0) is 11.5. The van der Waals surface area contributed by atoms with Gasteiger partial charge in [0.1, 0.15) is 5.82 Å². The Morgan fingerprint density at radius 2 is 2.06 bits per heavy atom. The van der Waals surface area contributed by atoms with Gasteiger partial charge in [-0.15, -0.1) is 0 Å². The van der Waals surface area contributed by atoms with Crippen LogP contribution in [0.4, 0.5) is 5.13 Å². The number of hydrogen-bond acceptors (Lipinski definition) is 6. The van der Waals surface area contributed by atoms with Crippen molar-refractivity contribution in [1.29, 1.82) is 0 Å². The summed E-state index contributed by atoms with van der Waals surface area (Å²) >= 11 is 1.47. The fourth-order valence-corrected chi connectivity index (χ4v) is 2.64. The zero-order valence-corrected chi connectivity index (χ0v) is 10.6. The van der Waals surface area contributed by atoms with Gasteiger partial charge in [-0.3, -0.25) is 4.90 Å². The Kier molecular flexibility index (Phi) is 3.73. The van der Waals surface area contributed by atoms with Crippen LogP contribution in [0.1, 0.15) is 12.7 Å². The minimum Gasteiger partial charge on any atom is -0.392 e. The van der Waals surface area contributed by atoms with Gasteiger partial charge in [0.15, 0.2) is 0 Å². The Hall–Kier alpha value is -0.720. The van der Waals surface area contributed by atoms with E-state index in [4.69, 9.17) is 0 Å². The van der Waals surface area contributed by atoms with Crippen molar-refractivity contribution < 1.29 is 5.11 Å². The second-order valence-corrected chi connectivity index (χ2v) is 4.99. The minimum atomic E-state index is -0.240. The SMILES string of the molecule is Cc1nsc(N2CCN(C[C@@H](C)O)CC2)n1. The molecule has 16 heavy (non-hydrogen) atoms. The molecule has 0 saturated carbocycles. The number of aryl methyl sites for hydroxylation is 1. The van der Waals surface area contributed by atoms with E-state index >= 15 is 0 Å². The molecule has 1 aliphatic heterocycles. The highest BCUT2D eigenvalue weighted by atomic mass is 32.1. The molecule has 0 unspecified atom stereocenters. The van der Waals surface area contributed by atoms with Crippen molar-refractivity contribution in [3.05, 3.63) is 5.82 Å². The zero-order valence-electron chi connectivity index (χ0n) is 9.76. The Balaban J connectivity index is 1.85. The van der Waals surface area contributed by atoms with Gasteiger partial charge < -0.3 is 10.0 Å². The predicted octanol–water partition coefficient (Wildman–Crippen LogP) is 0.349. The number of rotatable bonds is 3. The van der Waals surface area contributed by atoms with Crippen molar-refractivity contribution in [1.82, 2.24) is 14.3 Å². The average molecular weight is 242 g/mol. The summed E-state index contributed by atoms with van der Waals surface area (Å²) in [6.45, 7) is 8.45. The molecule has 2 heterocycles. The molecule has 1 N–H and O–H groups in total. The van der Waals surface area contributed by atoms with Crippen molar-refractivity contribution >= 4 is 16.7 Å². The van der Waals surface area contributed by atoms with Gasteiger partial charge in [-0.2, -0.15) is 4.37 Å². The summed E-state index contributed by atoms with van der Waals surface area (Å²) in [5, 5.41) is 10.3. The molecule has 1 aromatic rings. The first kappa shape index (κ1) is 11.8. The second-order valence-electron chi connectivity index (χ2n) is 4.26. The number of β-amino-alcohol motifs (C(OH)–C–C–N with tert-alkyl or cyclic N) is 1. The van der Waals surface area contributed by atoms with Crippen LogP contribution >= 0.6 is 11.5 Å². The normalized spacial score (nSPS) is 20.1. The van der Waals surface area contributed by atoms with Crippen LogP contribution in [0.25, 0.3) is 0 Å². The number of aromatic nitrogens is 2. The number of piperazine rings is 1. The minimum absolute atomic E-state index is 0.240. The summed E-state index contributed by atoms with van der Waals surface area (Å²) in [6, 6.07) is 0. The third-order valence-corrected chi connectivity index (χ3v) is 3.55. The highest BCUT2D eigenvalue weighted by molar-refractivity contribution is 7.09. The number of aliphatic hydroxyl groups is 1. The molecule has 0 aromatic carbocycles. The van der Waals surface area contributed by atoms with E-state index in [-0.39, 0.29) is 6.10 Å². The van der Waals surface area contributed by atoms with E-state index in [1.165, 1.54) is 11.5 Å². The summed E-state index contributed by atoms with van der Waals surface area (Å²) in [4.78, 5) is 8.94. The summed E-state index contributed by atoms with van der Waals surface area (Å²) < 4.78 is 4.19. The van der Waals surface area contributed by atoms with Crippen LogP contribution in [-0.4, -0.2) is 58.2 Å².